The predicted octanol–water partition coefficient (Wildman–Crippen LogP) is 0.583. The summed E-state index contributed by atoms with van der Waals surface area (Å²) in [6.45, 7) is 10.4. The Balaban J connectivity index is 2.77. The molecule has 0 aromatic heterocycles. The number of nitrogens with one attached hydrogen (secondary N) is 2. The molecule has 0 aromatic rings. The lowest BCUT2D eigenvalue weighted by molar-refractivity contribution is -0.134. The third-order valence-electron chi connectivity index (χ3n) is 3.07. The summed E-state index contributed by atoms with van der Waals surface area (Å²) in [5.74, 6) is 0.170. The van der Waals surface area contributed by atoms with Crippen molar-refractivity contribution in [3.05, 3.63) is 0 Å². The fourth-order valence-electron chi connectivity index (χ4n) is 2.26. The maximum atomic E-state index is 12.0. The maximum Gasteiger partial charge on any atom is 0.237 e. The van der Waals surface area contributed by atoms with Crippen molar-refractivity contribution >= 4 is 5.91 Å². The summed E-state index contributed by atoms with van der Waals surface area (Å²) < 4.78 is 0. The largest absolute Gasteiger partial charge is 0.351 e. The molecule has 0 spiro atoms. The van der Waals surface area contributed by atoms with Crippen LogP contribution in [0.5, 0.6) is 0 Å². The SMILES string of the molecule is CNCCC1C(=O)NC(C)CN1C(C)(C)C. The molecule has 1 amide bonds. The zero-order chi connectivity index (χ0) is 12.3. The topological polar surface area (TPSA) is 44.4 Å². The molecule has 0 aliphatic carbocycles. The number of piperazine rings is 1. The van der Waals surface area contributed by atoms with Gasteiger partial charge in [0, 0.05) is 18.1 Å². The third-order valence-corrected chi connectivity index (χ3v) is 3.07. The molecule has 1 fully saturated rings. The standard InChI is InChI=1S/C12H25N3O/c1-9-8-15(12(2,3)4)10(6-7-13-5)11(16)14-9/h9-10,13H,6-8H2,1-5H3,(H,14,16). The molecule has 1 rings (SSSR count). The first-order valence-electron chi connectivity index (χ1n) is 6.08. The maximum absolute atomic E-state index is 12.0. The van der Waals surface area contributed by atoms with Crippen LogP contribution in [0.15, 0.2) is 0 Å². The summed E-state index contributed by atoms with van der Waals surface area (Å²) in [5.41, 5.74) is 0.0461. The highest BCUT2D eigenvalue weighted by atomic mass is 16.2. The Hall–Kier alpha value is -0.610. The number of rotatable bonds is 3. The van der Waals surface area contributed by atoms with E-state index in [4.69, 9.17) is 0 Å². The lowest BCUT2D eigenvalue weighted by Gasteiger charge is -2.46. The average Bonchev–Trinajstić information content (AvgIpc) is 2.14. The zero-order valence-electron chi connectivity index (χ0n) is 11.1. The number of carbonyl (C=O) groups is 1. The van der Waals surface area contributed by atoms with E-state index in [9.17, 15) is 4.79 Å². The normalized spacial score (nSPS) is 27.9. The van der Waals surface area contributed by atoms with Crippen LogP contribution in [0.25, 0.3) is 0 Å². The van der Waals surface area contributed by atoms with Gasteiger partial charge in [-0.1, -0.05) is 0 Å². The van der Waals surface area contributed by atoms with Crippen molar-refractivity contribution in [3.63, 3.8) is 0 Å². The van der Waals surface area contributed by atoms with Gasteiger partial charge in [-0.05, 0) is 47.7 Å². The van der Waals surface area contributed by atoms with Crippen molar-refractivity contribution in [2.75, 3.05) is 20.1 Å². The van der Waals surface area contributed by atoms with E-state index in [1.807, 2.05) is 7.05 Å². The van der Waals surface area contributed by atoms with Gasteiger partial charge in [-0.3, -0.25) is 9.69 Å². The van der Waals surface area contributed by atoms with Crippen LogP contribution in [0.1, 0.15) is 34.1 Å². The van der Waals surface area contributed by atoms with Crippen molar-refractivity contribution in [2.24, 2.45) is 0 Å². The smallest absolute Gasteiger partial charge is 0.237 e. The van der Waals surface area contributed by atoms with Crippen LogP contribution in [0.3, 0.4) is 0 Å². The summed E-state index contributed by atoms with van der Waals surface area (Å²) >= 11 is 0. The van der Waals surface area contributed by atoms with Crippen molar-refractivity contribution in [1.29, 1.82) is 0 Å². The molecule has 4 heteroatoms. The molecule has 16 heavy (non-hydrogen) atoms. The molecule has 2 atom stereocenters. The number of carbonyl (C=O) groups excluding carboxylic acids is 1. The number of amides is 1. The van der Waals surface area contributed by atoms with Gasteiger partial charge in [-0.15, -0.1) is 0 Å². The Kier molecular flexibility index (Phi) is 4.33. The van der Waals surface area contributed by atoms with E-state index >= 15 is 0 Å². The fraction of sp³-hybridized carbons (Fsp3) is 0.917. The minimum absolute atomic E-state index is 0.00338. The van der Waals surface area contributed by atoms with Crippen molar-refractivity contribution in [2.45, 2.75) is 51.7 Å². The molecule has 1 aliphatic heterocycles. The van der Waals surface area contributed by atoms with Gasteiger partial charge >= 0.3 is 0 Å². The Morgan fingerprint density at radius 2 is 2.12 bits per heavy atom. The van der Waals surface area contributed by atoms with Crippen LogP contribution in [0.2, 0.25) is 0 Å². The van der Waals surface area contributed by atoms with Gasteiger partial charge in [0.2, 0.25) is 5.91 Å². The zero-order valence-corrected chi connectivity index (χ0v) is 11.1. The monoisotopic (exact) mass is 227 g/mol. The van der Waals surface area contributed by atoms with Gasteiger partial charge in [0.1, 0.15) is 0 Å². The van der Waals surface area contributed by atoms with E-state index in [0.29, 0.717) is 0 Å². The summed E-state index contributed by atoms with van der Waals surface area (Å²) in [6, 6.07) is 0.251. The quantitative estimate of drug-likeness (QED) is 0.741. The highest BCUT2D eigenvalue weighted by molar-refractivity contribution is 5.83. The highest BCUT2D eigenvalue weighted by Crippen LogP contribution is 2.22. The third kappa shape index (κ3) is 3.19. The van der Waals surface area contributed by atoms with Crippen molar-refractivity contribution in [1.82, 2.24) is 15.5 Å². The molecule has 1 heterocycles. The van der Waals surface area contributed by atoms with Gasteiger partial charge in [0.25, 0.3) is 0 Å². The molecule has 1 saturated heterocycles. The van der Waals surface area contributed by atoms with Crippen LogP contribution >= 0.6 is 0 Å². The van der Waals surface area contributed by atoms with Gasteiger partial charge in [-0.25, -0.2) is 0 Å². The Morgan fingerprint density at radius 1 is 1.50 bits per heavy atom. The summed E-state index contributed by atoms with van der Waals surface area (Å²) in [5, 5.41) is 6.14. The molecule has 4 nitrogen and oxygen atoms in total. The molecule has 0 aromatic carbocycles. The van der Waals surface area contributed by atoms with Crippen LogP contribution in [0, 0.1) is 0 Å². The molecule has 0 bridgehead atoms. The van der Waals surface area contributed by atoms with Crippen molar-refractivity contribution < 1.29 is 4.79 Å². The molecular formula is C12H25N3O. The number of hydrogen-bond acceptors (Lipinski definition) is 3. The minimum Gasteiger partial charge on any atom is -0.351 e. The second kappa shape index (κ2) is 5.15. The first kappa shape index (κ1) is 13.5. The first-order chi connectivity index (χ1) is 7.36. The Labute approximate surface area is 98.8 Å². The predicted molar refractivity (Wildman–Crippen MR) is 66.4 cm³/mol. The van der Waals surface area contributed by atoms with E-state index in [1.165, 1.54) is 0 Å². The van der Waals surface area contributed by atoms with Crippen LogP contribution < -0.4 is 10.6 Å². The second-order valence-corrected chi connectivity index (χ2v) is 5.64. The van der Waals surface area contributed by atoms with Gasteiger partial charge in [0.15, 0.2) is 0 Å². The Bertz CT molecular complexity index is 247. The average molecular weight is 227 g/mol. The number of hydrogen-bond donors (Lipinski definition) is 2. The van der Waals surface area contributed by atoms with Crippen molar-refractivity contribution in [3.8, 4) is 0 Å². The van der Waals surface area contributed by atoms with E-state index in [2.05, 4.69) is 43.2 Å². The van der Waals surface area contributed by atoms with Gasteiger partial charge < -0.3 is 10.6 Å². The number of nitrogens with zero attached hydrogens (tertiary/aromatic N) is 1. The molecule has 2 N–H and O–H groups in total. The second-order valence-electron chi connectivity index (χ2n) is 5.64. The van der Waals surface area contributed by atoms with Gasteiger partial charge in [-0.2, -0.15) is 0 Å². The molecule has 0 saturated carbocycles. The highest BCUT2D eigenvalue weighted by Gasteiger charge is 2.37. The van der Waals surface area contributed by atoms with Crippen LogP contribution in [-0.4, -0.2) is 48.6 Å². The molecule has 2 unspecified atom stereocenters. The van der Waals surface area contributed by atoms with E-state index in [1.54, 1.807) is 0 Å². The fourth-order valence-corrected chi connectivity index (χ4v) is 2.26. The summed E-state index contributed by atoms with van der Waals surface area (Å²) in [4.78, 5) is 14.3. The van der Waals surface area contributed by atoms with E-state index in [-0.39, 0.29) is 23.5 Å². The van der Waals surface area contributed by atoms with Crippen LogP contribution in [0.4, 0.5) is 0 Å². The lowest BCUT2D eigenvalue weighted by atomic mass is 9.96. The summed E-state index contributed by atoms with van der Waals surface area (Å²) in [6.07, 6.45) is 0.867. The van der Waals surface area contributed by atoms with Crippen LogP contribution in [-0.2, 0) is 4.79 Å². The molecule has 1 aliphatic rings. The Morgan fingerprint density at radius 3 is 2.62 bits per heavy atom. The lowest BCUT2D eigenvalue weighted by Crippen LogP contribution is -2.64. The molecule has 0 radical (unpaired) electrons. The minimum atomic E-state index is 0.00338. The first-order valence-corrected chi connectivity index (χ1v) is 6.08. The van der Waals surface area contributed by atoms with E-state index in [0.717, 1.165) is 19.5 Å². The molecular weight excluding hydrogens is 202 g/mol. The summed E-state index contributed by atoms with van der Waals surface area (Å²) in [7, 11) is 1.92. The molecule has 94 valence electrons. The van der Waals surface area contributed by atoms with Gasteiger partial charge in [0.05, 0.1) is 6.04 Å². The van der Waals surface area contributed by atoms with E-state index < -0.39 is 0 Å².